The SMILES string of the molecule is COc1cccc(/C=C2\Oc3cc(OCC(=O)N[C@@H](C(=O)O)[C@H](C)O)ccc3C2=O)c1. The summed E-state index contributed by atoms with van der Waals surface area (Å²) in [6.45, 7) is 0.779. The molecule has 1 aliphatic heterocycles. The fraction of sp³-hybridized carbons (Fsp3) is 0.227. The zero-order chi connectivity index (χ0) is 22.5. The summed E-state index contributed by atoms with van der Waals surface area (Å²) in [5.41, 5.74) is 1.08. The van der Waals surface area contributed by atoms with Crippen LogP contribution in [0.5, 0.6) is 17.2 Å². The Bertz CT molecular complexity index is 1040. The summed E-state index contributed by atoms with van der Waals surface area (Å²) in [7, 11) is 1.55. The van der Waals surface area contributed by atoms with Crippen molar-refractivity contribution in [3.05, 3.63) is 59.4 Å². The summed E-state index contributed by atoms with van der Waals surface area (Å²) in [4.78, 5) is 35.5. The van der Waals surface area contributed by atoms with E-state index >= 15 is 0 Å². The standard InChI is InChI=1S/C22H21NO8/c1-12(24)20(22(27)28)23-19(25)11-30-15-6-7-16-17(10-15)31-18(21(16)26)9-13-4-3-5-14(8-13)29-2/h3-10,12,20,24H,11H2,1-2H3,(H,23,25)(H,27,28)/b18-9-/t12-,20+/m0/s1. The number of aliphatic hydroxyl groups is 1. The van der Waals surface area contributed by atoms with Crippen molar-refractivity contribution in [2.24, 2.45) is 0 Å². The molecule has 3 N–H and O–H groups in total. The minimum Gasteiger partial charge on any atom is -0.497 e. The zero-order valence-electron chi connectivity index (χ0n) is 16.8. The lowest BCUT2D eigenvalue weighted by molar-refractivity contribution is -0.145. The number of carbonyl (C=O) groups excluding carboxylic acids is 2. The van der Waals surface area contributed by atoms with Gasteiger partial charge in [-0.25, -0.2) is 4.79 Å². The lowest BCUT2D eigenvalue weighted by Crippen LogP contribution is -2.49. The van der Waals surface area contributed by atoms with E-state index in [9.17, 15) is 19.5 Å². The van der Waals surface area contributed by atoms with Gasteiger partial charge in [-0.1, -0.05) is 12.1 Å². The number of hydrogen-bond donors (Lipinski definition) is 3. The van der Waals surface area contributed by atoms with E-state index in [1.807, 2.05) is 0 Å². The number of ketones is 1. The van der Waals surface area contributed by atoms with Crippen molar-refractivity contribution >= 4 is 23.7 Å². The molecule has 0 unspecified atom stereocenters. The minimum atomic E-state index is -1.44. The number of methoxy groups -OCH3 is 1. The smallest absolute Gasteiger partial charge is 0.328 e. The maximum atomic E-state index is 12.6. The summed E-state index contributed by atoms with van der Waals surface area (Å²) in [5.74, 6) is -1.04. The average molecular weight is 427 g/mol. The van der Waals surface area contributed by atoms with Crippen molar-refractivity contribution in [1.29, 1.82) is 0 Å². The molecule has 0 saturated heterocycles. The molecule has 0 bridgehead atoms. The third-order valence-electron chi connectivity index (χ3n) is 4.47. The molecule has 2 aromatic carbocycles. The first kappa shape index (κ1) is 21.8. The van der Waals surface area contributed by atoms with Gasteiger partial charge in [0.25, 0.3) is 5.91 Å². The van der Waals surface area contributed by atoms with Crippen LogP contribution in [0.25, 0.3) is 6.08 Å². The van der Waals surface area contributed by atoms with E-state index in [0.29, 0.717) is 11.3 Å². The van der Waals surface area contributed by atoms with Crippen molar-refractivity contribution < 1.29 is 38.8 Å². The number of nitrogens with one attached hydrogen (secondary N) is 1. The van der Waals surface area contributed by atoms with Crippen LogP contribution in [0.3, 0.4) is 0 Å². The molecule has 31 heavy (non-hydrogen) atoms. The normalized spacial score (nSPS) is 15.6. The largest absolute Gasteiger partial charge is 0.497 e. The van der Waals surface area contributed by atoms with Gasteiger partial charge in [-0.2, -0.15) is 0 Å². The second-order valence-corrected chi connectivity index (χ2v) is 6.79. The summed E-state index contributed by atoms with van der Waals surface area (Å²) in [6, 6.07) is 10.2. The molecule has 2 atom stereocenters. The van der Waals surface area contributed by atoms with Crippen LogP contribution >= 0.6 is 0 Å². The highest BCUT2D eigenvalue weighted by Gasteiger charge is 2.28. The fourth-order valence-corrected chi connectivity index (χ4v) is 2.89. The number of Topliss-reactive ketones (excluding diaryl/α,β-unsaturated/α-hetero) is 1. The highest BCUT2D eigenvalue weighted by molar-refractivity contribution is 6.14. The van der Waals surface area contributed by atoms with Crippen molar-refractivity contribution in [1.82, 2.24) is 5.32 Å². The predicted octanol–water partition coefficient (Wildman–Crippen LogP) is 1.64. The molecule has 0 saturated carbocycles. The van der Waals surface area contributed by atoms with Crippen molar-refractivity contribution in [2.75, 3.05) is 13.7 Å². The topological polar surface area (TPSA) is 131 Å². The first-order chi connectivity index (χ1) is 14.8. The van der Waals surface area contributed by atoms with Crippen molar-refractivity contribution in [3.8, 4) is 17.2 Å². The number of carboxylic acids is 1. The number of amides is 1. The van der Waals surface area contributed by atoms with Gasteiger partial charge < -0.3 is 29.7 Å². The van der Waals surface area contributed by atoms with Gasteiger partial charge in [0.05, 0.1) is 18.8 Å². The number of ether oxygens (including phenoxy) is 3. The quantitative estimate of drug-likeness (QED) is 0.542. The third-order valence-corrected chi connectivity index (χ3v) is 4.47. The number of allylic oxidation sites excluding steroid dienone is 1. The molecule has 0 aliphatic carbocycles. The number of aliphatic hydroxyl groups excluding tert-OH is 1. The van der Waals surface area contributed by atoms with Gasteiger partial charge in [-0.05, 0) is 42.8 Å². The van der Waals surface area contributed by atoms with Crippen LogP contribution in [-0.2, 0) is 9.59 Å². The van der Waals surface area contributed by atoms with Crippen LogP contribution < -0.4 is 19.5 Å². The highest BCUT2D eigenvalue weighted by Crippen LogP contribution is 2.35. The molecule has 0 aromatic heterocycles. The minimum absolute atomic E-state index is 0.138. The highest BCUT2D eigenvalue weighted by atomic mass is 16.5. The van der Waals surface area contributed by atoms with Gasteiger partial charge >= 0.3 is 5.97 Å². The maximum absolute atomic E-state index is 12.6. The van der Waals surface area contributed by atoms with E-state index in [0.717, 1.165) is 5.56 Å². The number of carboxylic acid groups (broad SMARTS) is 1. The Kier molecular flexibility index (Phi) is 6.56. The molecule has 0 spiro atoms. The monoisotopic (exact) mass is 427 g/mol. The molecular weight excluding hydrogens is 406 g/mol. The number of rotatable bonds is 8. The molecule has 0 radical (unpaired) electrons. The average Bonchev–Trinajstić information content (AvgIpc) is 3.04. The molecular formula is C22H21NO8. The Morgan fingerprint density at radius 1 is 1.19 bits per heavy atom. The lowest BCUT2D eigenvalue weighted by Gasteiger charge is -2.17. The Balaban J connectivity index is 1.67. The van der Waals surface area contributed by atoms with Crippen molar-refractivity contribution in [3.63, 3.8) is 0 Å². The second kappa shape index (κ2) is 9.31. The van der Waals surface area contributed by atoms with Gasteiger partial charge in [0.2, 0.25) is 5.78 Å². The van der Waals surface area contributed by atoms with E-state index in [4.69, 9.17) is 19.3 Å². The van der Waals surface area contributed by atoms with Gasteiger partial charge in [0, 0.05) is 6.07 Å². The molecule has 0 fully saturated rings. The van der Waals surface area contributed by atoms with Crippen molar-refractivity contribution in [2.45, 2.75) is 19.1 Å². The molecule has 1 amide bonds. The summed E-state index contributed by atoms with van der Waals surface area (Å²) in [6.07, 6.45) is 0.330. The molecule has 1 heterocycles. The van der Waals surface area contributed by atoms with Crippen LogP contribution in [0.4, 0.5) is 0 Å². The van der Waals surface area contributed by atoms with E-state index in [1.54, 1.807) is 37.5 Å². The van der Waals surface area contributed by atoms with Gasteiger partial charge in [0.1, 0.15) is 17.2 Å². The van der Waals surface area contributed by atoms with E-state index in [-0.39, 0.29) is 23.0 Å². The van der Waals surface area contributed by atoms with Gasteiger partial charge in [0.15, 0.2) is 18.4 Å². The molecule has 9 heteroatoms. The number of aliphatic carboxylic acids is 1. The number of fused-ring (bicyclic) bond motifs is 1. The van der Waals surface area contributed by atoms with E-state index < -0.39 is 30.6 Å². The Morgan fingerprint density at radius 2 is 1.97 bits per heavy atom. The molecule has 1 aliphatic rings. The molecule has 3 rings (SSSR count). The molecule has 162 valence electrons. The maximum Gasteiger partial charge on any atom is 0.328 e. The second-order valence-electron chi connectivity index (χ2n) is 6.79. The van der Waals surface area contributed by atoms with Crippen LogP contribution in [0, 0.1) is 0 Å². The Hall–Kier alpha value is -3.85. The Morgan fingerprint density at radius 3 is 2.65 bits per heavy atom. The number of carbonyl (C=O) groups is 3. The molecule has 9 nitrogen and oxygen atoms in total. The fourth-order valence-electron chi connectivity index (χ4n) is 2.89. The molecule has 2 aromatic rings. The van der Waals surface area contributed by atoms with Gasteiger partial charge in [-0.3, -0.25) is 9.59 Å². The van der Waals surface area contributed by atoms with Gasteiger partial charge in [-0.15, -0.1) is 0 Å². The van der Waals surface area contributed by atoms with E-state index in [1.165, 1.54) is 25.1 Å². The lowest BCUT2D eigenvalue weighted by atomic mass is 10.1. The summed E-state index contributed by atoms with van der Waals surface area (Å²) in [5, 5.41) is 20.6. The first-order valence-electron chi connectivity index (χ1n) is 9.34. The van der Waals surface area contributed by atoms with Crippen LogP contribution in [-0.4, -0.2) is 53.7 Å². The summed E-state index contributed by atoms with van der Waals surface area (Å²) < 4.78 is 16.2. The van der Waals surface area contributed by atoms with Crippen LogP contribution in [0.2, 0.25) is 0 Å². The Labute approximate surface area is 177 Å². The third kappa shape index (κ3) is 5.20. The van der Waals surface area contributed by atoms with Crippen LogP contribution in [0.15, 0.2) is 48.2 Å². The van der Waals surface area contributed by atoms with E-state index in [2.05, 4.69) is 5.32 Å². The number of benzene rings is 2. The van der Waals surface area contributed by atoms with Crippen LogP contribution in [0.1, 0.15) is 22.8 Å². The predicted molar refractivity (Wildman–Crippen MR) is 109 cm³/mol. The first-order valence-corrected chi connectivity index (χ1v) is 9.34. The zero-order valence-corrected chi connectivity index (χ0v) is 16.8. The summed E-state index contributed by atoms with van der Waals surface area (Å²) >= 11 is 0. The number of hydrogen-bond acceptors (Lipinski definition) is 7.